The zero-order chi connectivity index (χ0) is 16.6. The van der Waals surface area contributed by atoms with E-state index >= 15 is 0 Å². The fraction of sp³-hybridized carbons (Fsp3) is 0.722. The number of aromatic nitrogens is 1. The maximum Gasteiger partial charge on any atom is 0.250 e. The summed E-state index contributed by atoms with van der Waals surface area (Å²) in [6.45, 7) is 9.98. The maximum atomic E-state index is 12.0. The molecule has 2 aliphatic rings. The van der Waals surface area contributed by atoms with Crippen molar-refractivity contribution in [2.75, 3.05) is 26.2 Å². The van der Waals surface area contributed by atoms with Crippen LogP contribution in [0.5, 0.6) is 0 Å². The van der Waals surface area contributed by atoms with Gasteiger partial charge in [-0.1, -0.05) is 6.07 Å². The molecule has 4 atom stereocenters. The van der Waals surface area contributed by atoms with Crippen LogP contribution in [0.4, 0.5) is 0 Å². The quantitative estimate of drug-likeness (QED) is 0.822. The van der Waals surface area contributed by atoms with Gasteiger partial charge in [-0.3, -0.25) is 4.79 Å². The molecule has 0 amide bonds. The van der Waals surface area contributed by atoms with Gasteiger partial charge in [0.15, 0.2) is 0 Å². The molecule has 0 aromatic carbocycles. The molecule has 1 saturated heterocycles. The van der Waals surface area contributed by atoms with Crippen LogP contribution in [0, 0.1) is 5.92 Å². The molecule has 3 heterocycles. The summed E-state index contributed by atoms with van der Waals surface area (Å²) in [6, 6.07) is 5.61. The molecule has 23 heavy (non-hydrogen) atoms. The van der Waals surface area contributed by atoms with Crippen molar-refractivity contribution in [2.45, 2.75) is 51.4 Å². The second kappa shape index (κ2) is 6.38. The van der Waals surface area contributed by atoms with Crippen LogP contribution >= 0.6 is 0 Å². The summed E-state index contributed by atoms with van der Waals surface area (Å²) in [4.78, 5) is 13.5. The Bertz CT molecular complexity index is 605. The summed E-state index contributed by atoms with van der Waals surface area (Å²) >= 11 is 0. The number of pyridine rings is 1. The van der Waals surface area contributed by atoms with Gasteiger partial charge in [-0.05, 0) is 33.3 Å². The molecule has 0 radical (unpaired) electrons. The first-order chi connectivity index (χ1) is 10.8. The SMILES string of the molecule is CC(C)(C)OCC(O)C[NH+]1C[C@H]2C[C@@H](C1)c1cccc(=O)n1C2. The van der Waals surface area contributed by atoms with E-state index in [2.05, 4.69) is 6.07 Å². The summed E-state index contributed by atoms with van der Waals surface area (Å²) in [7, 11) is 0. The third-order valence-corrected chi connectivity index (χ3v) is 4.91. The predicted molar refractivity (Wildman–Crippen MR) is 88.8 cm³/mol. The van der Waals surface area contributed by atoms with Gasteiger partial charge >= 0.3 is 0 Å². The summed E-state index contributed by atoms with van der Waals surface area (Å²) in [5.41, 5.74) is 1.08. The van der Waals surface area contributed by atoms with E-state index in [4.69, 9.17) is 4.74 Å². The van der Waals surface area contributed by atoms with Crippen molar-refractivity contribution in [3.05, 3.63) is 34.2 Å². The number of ether oxygens (including phenoxy) is 1. The maximum absolute atomic E-state index is 12.0. The van der Waals surface area contributed by atoms with Crippen LogP contribution < -0.4 is 10.5 Å². The van der Waals surface area contributed by atoms with Crippen molar-refractivity contribution in [3.8, 4) is 0 Å². The van der Waals surface area contributed by atoms with Gasteiger partial charge in [-0.2, -0.15) is 0 Å². The van der Waals surface area contributed by atoms with E-state index in [0.29, 0.717) is 18.4 Å². The molecule has 2 unspecified atom stereocenters. The third kappa shape index (κ3) is 4.03. The van der Waals surface area contributed by atoms with Crippen LogP contribution in [0.1, 0.15) is 38.8 Å². The van der Waals surface area contributed by atoms with Gasteiger partial charge in [0.25, 0.3) is 5.56 Å². The van der Waals surface area contributed by atoms with Gasteiger partial charge in [0.1, 0.15) is 12.6 Å². The van der Waals surface area contributed by atoms with Crippen LogP contribution in [0.15, 0.2) is 23.0 Å². The van der Waals surface area contributed by atoms with Gasteiger partial charge in [-0.25, -0.2) is 0 Å². The number of aliphatic hydroxyl groups excluding tert-OH is 1. The molecule has 5 nitrogen and oxygen atoms in total. The molecule has 0 saturated carbocycles. The van der Waals surface area contributed by atoms with E-state index in [1.165, 1.54) is 17.0 Å². The number of fused-ring (bicyclic) bond motifs is 4. The topological polar surface area (TPSA) is 55.9 Å². The number of piperidine rings is 1. The van der Waals surface area contributed by atoms with Crippen molar-refractivity contribution in [2.24, 2.45) is 5.92 Å². The van der Waals surface area contributed by atoms with Gasteiger partial charge in [0, 0.05) is 30.1 Å². The Morgan fingerprint density at radius 2 is 2.17 bits per heavy atom. The van der Waals surface area contributed by atoms with Gasteiger partial charge in [0.05, 0.1) is 25.3 Å². The van der Waals surface area contributed by atoms with E-state index in [9.17, 15) is 9.90 Å². The lowest BCUT2D eigenvalue weighted by Crippen LogP contribution is -3.15. The molecule has 1 aromatic heterocycles. The van der Waals surface area contributed by atoms with Crippen molar-refractivity contribution < 1.29 is 14.7 Å². The Labute approximate surface area is 137 Å². The lowest BCUT2D eigenvalue weighted by molar-refractivity contribution is -0.914. The first kappa shape index (κ1) is 16.7. The average Bonchev–Trinajstić information content (AvgIpc) is 2.46. The van der Waals surface area contributed by atoms with Crippen molar-refractivity contribution >= 4 is 0 Å². The zero-order valence-electron chi connectivity index (χ0n) is 14.4. The summed E-state index contributed by atoms with van der Waals surface area (Å²) in [6.07, 6.45) is 0.739. The van der Waals surface area contributed by atoms with Gasteiger partial charge in [0.2, 0.25) is 0 Å². The molecular formula is C18H29N2O3+. The normalized spacial score (nSPS) is 28.3. The number of likely N-dealkylation sites (tertiary alicyclic amines) is 1. The average molecular weight is 321 g/mol. The van der Waals surface area contributed by atoms with E-state index < -0.39 is 6.10 Å². The fourth-order valence-corrected chi connectivity index (χ4v) is 4.02. The summed E-state index contributed by atoms with van der Waals surface area (Å²) < 4.78 is 7.64. The van der Waals surface area contributed by atoms with Crippen molar-refractivity contribution in [3.63, 3.8) is 0 Å². The molecule has 128 valence electrons. The molecule has 0 aliphatic carbocycles. The molecular weight excluding hydrogens is 292 g/mol. The van der Waals surface area contributed by atoms with Crippen LogP contribution in [0.3, 0.4) is 0 Å². The van der Waals surface area contributed by atoms with Crippen molar-refractivity contribution in [1.82, 2.24) is 4.57 Å². The predicted octanol–water partition coefficient (Wildman–Crippen LogP) is 0.0263. The molecule has 2 aliphatic heterocycles. The second-order valence-electron chi connectivity index (χ2n) is 8.14. The molecule has 3 rings (SSSR count). The number of quaternary nitrogens is 1. The van der Waals surface area contributed by atoms with Crippen LogP contribution in [0.25, 0.3) is 0 Å². The monoisotopic (exact) mass is 321 g/mol. The molecule has 1 fully saturated rings. The van der Waals surface area contributed by atoms with Crippen LogP contribution in [-0.2, 0) is 11.3 Å². The molecule has 2 bridgehead atoms. The van der Waals surface area contributed by atoms with Gasteiger partial charge in [-0.15, -0.1) is 0 Å². The number of hydrogen-bond acceptors (Lipinski definition) is 3. The van der Waals surface area contributed by atoms with Crippen LogP contribution in [0.2, 0.25) is 0 Å². The van der Waals surface area contributed by atoms with E-state index in [-0.39, 0.29) is 11.2 Å². The minimum Gasteiger partial charge on any atom is -0.385 e. The Kier molecular flexibility index (Phi) is 4.63. The minimum atomic E-state index is -0.430. The highest BCUT2D eigenvalue weighted by atomic mass is 16.5. The number of rotatable bonds is 4. The lowest BCUT2D eigenvalue weighted by atomic mass is 9.83. The molecule has 0 spiro atoms. The third-order valence-electron chi connectivity index (χ3n) is 4.91. The Balaban J connectivity index is 1.63. The van der Waals surface area contributed by atoms with E-state index in [1.807, 2.05) is 31.4 Å². The Hall–Kier alpha value is -1.17. The number of hydrogen-bond donors (Lipinski definition) is 2. The lowest BCUT2D eigenvalue weighted by Gasteiger charge is -2.41. The van der Waals surface area contributed by atoms with Crippen molar-refractivity contribution in [1.29, 1.82) is 0 Å². The smallest absolute Gasteiger partial charge is 0.250 e. The number of nitrogens with zero attached hydrogens (tertiary/aromatic N) is 1. The van der Waals surface area contributed by atoms with Gasteiger partial charge < -0.3 is 19.3 Å². The minimum absolute atomic E-state index is 0.124. The number of aliphatic hydroxyl groups is 1. The molecule has 1 aromatic rings. The summed E-state index contributed by atoms with van der Waals surface area (Å²) in [5.74, 6) is 0.967. The standard InChI is InChI=1S/C18H28N2O3/c1-18(2,3)23-12-15(21)11-19-8-13-7-14(10-19)16-5-4-6-17(22)20(16)9-13/h4-6,13-15,21H,7-12H2,1-3H3/p+1/t13-,14+,15?/m1/s1. The highest BCUT2D eigenvalue weighted by Crippen LogP contribution is 2.29. The molecule has 2 N–H and O–H groups in total. The number of nitrogens with one attached hydrogen (secondary N) is 1. The van der Waals surface area contributed by atoms with E-state index in [0.717, 1.165) is 26.2 Å². The highest BCUT2D eigenvalue weighted by molar-refractivity contribution is 5.15. The zero-order valence-corrected chi connectivity index (χ0v) is 14.4. The van der Waals surface area contributed by atoms with Crippen LogP contribution in [-0.4, -0.2) is 47.6 Å². The first-order valence-corrected chi connectivity index (χ1v) is 8.67. The Morgan fingerprint density at radius 1 is 1.39 bits per heavy atom. The second-order valence-corrected chi connectivity index (χ2v) is 8.14. The highest BCUT2D eigenvalue weighted by Gasteiger charge is 2.37. The summed E-state index contributed by atoms with van der Waals surface area (Å²) in [5, 5.41) is 10.3. The fourth-order valence-electron chi connectivity index (χ4n) is 4.02. The first-order valence-electron chi connectivity index (χ1n) is 8.67. The van der Waals surface area contributed by atoms with E-state index in [1.54, 1.807) is 6.07 Å². The molecule has 5 heteroatoms. The Morgan fingerprint density at radius 3 is 2.91 bits per heavy atom. The largest absolute Gasteiger partial charge is 0.385 e.